The lowest BCUT2D eigenvalue weighted by atomic mass is 9.93. The summed E-state index contributed by atoms with van der Waals surface area (Å²) in [7, 11) is 2.09. The second kappa shape index (κ2) is 27.3. The van der Waals surface area contributed by atoms with Crippen molar-refractivity contribution in [3.8, 4) is 5.75 Å². The second-order valence-corrected chi connectivity index (χ2v) is 22.4. The van der Waals surface area contributed by atoms with Crippen LogP contribution in [0.5, 0.6) is 5.75 Å². The first kappa shape index (κ1) is 60.8. The van der Waals surface area contributed by atoms with Gasteiger partial charge in [-0.2, -0.15) is 0 Å². The van der Waals surface area contributed by atoms with Crippen molar-refractivity contribution < 1.29 is 67.8 Å². The number of ether oxygens (including phenoxy) is 1. The van der Waals surface area contributed by atoms with Gasteiger partial charge >= 0.3 is 0 Å². The van der Waals surface area contributed by atoms with Crippen LogP contribution >= 0.6 is 0 Å². The number of carbonyl (C=O) groups excluding carboxylic acids is 9. The van der Waals surface area contributed by atoms with Crippen LogP contribution in [-0.2, 0) is 60.7 Å². The minimum Gasteiger partial charge on any atom is -0.610 e. The third kappa shape index (κ3) is 16.2. The highest BCUT2D eigenvalue weighted by atomic mass is 32.2. The van der Waals surface area contributed by atoms with Gasteiger partial charge in [-0.3, -0.25) is 43.2 Å². The van der Waals surface area contributed by atoms with Crippen LogP contribution in [0, 0.1) is 11.8 Å². The molecular formula is C50H77N11O14S. The van der Waals surface area contributed by atoms with Crippen molar-refractivity contribution >= 4 is 75.2 Å². The Morgan fingerprint density at radius 1 is 0.882 bits per heavy atom. The molecule has 0 saturated carbocycles. The van der Waals surface area contributed by atoms with E-state index >= 15 is 0 Å². The van der Waals surface area contributed by atoms with E-state index in [1.807, 2.05) is 0 Å². The van der Waals surface area contributed by atoms with Gasteiger partial charge in [-0.05, 0) is 65.3 Å². The summed E-state index contributed by atoms with van der Waals surface area (Å²) in [4.78, 5) is 132. The smallest absolute Gasteiger partial charge is 0.248 e. The number of nitrogens with two attached hydrogens (primary N) is 1. The number of amides is 9. The number of hydrogen-bond acceptors (Lipinski definition) is 15. The maximum Gasteiger partial charge on any atom is 0.248 e. The molecule has 26 heteroatoms. The molecule has 0 spiro atoms. The molecule has 0 aliphatic carbocycles. The van der Waals surface area contributed by atoms with Crippen LogP contribution < -0.4 is 47.7 Å². The highest BCUT2D eigenvalue weighted by molar-refractivity contribution is 7.91. The number of nitrogens with one attached hydrogen (secondary N) is 8. The lowest BCUT2D eigenvalue weighted by Crippen LogP contribution is -2.62. The molecule has 2 bridgehead atoms. The predicted molar refractivity (Wildman–Crippen MR) is 277 cm³/mol. The van der Waals surface area contributed by atoms with Crippen molar-refractivity contribution in [2.75, 3.05) is 52.2 Å². The molecule has 1 aromatic heterocycles. The lowest BCUT2D eigenvalue weighted by molar-refractivity contribution is -0.144. The van der Waals surface area contributed by atoms with E-state index in [1.165, 1.54) is 6.92 Å². The van der Waals surface area contributed by atoms with Crippen molar-refractivity contribution in [3.05, 3.63) is 23.8 Å². The molecule has 3 aliphatic rings. The number of aliphatic hydroxyl groups is 3. The molecule has 9 amide bonds. The fourth-order valence-electron chi connectivity index (χ4n) is 9.11. The van der Waals surface area contributed by atoms with Gasteiger partial charge in [0, 0.05) is 59.0 Å². The number of unbranched alkanes of at least 4 members (excludes halogenated alkanes) is 3. The van der Waals surface area contributed by atoms with Crippen molar-refractivity contribution in [1.82, 2.24) is 52.0 Å². The van der Waals surface area contributed by atoms with Gasteiger partial charge in [0.25, 0.3) is 0 Å². The van der Waals surface area contributed by atoms with Gasteiger partial charge in [0.05, 0.1) is 50.4 Å². The van der Waals surface area contributed by atoms with Crippen LogP contribution in [0.1, 0.15) is 92.1 Å². The van der Waals surface area contributed by atoms with E-state index in [4.69, 9.17) is 10.5 Å². The van der Waals surface area contributed by atoms with E-state index in [2.05, 4.69) is 74.9 Å². The number of nitrogens with zero attached hydrogens (tertiary/aromatic N) is 2. The van der Waals surface area contributed by atoms with Gasteiger partial charge in [-0.25, -0.2) is 0 Å². The molecule has 1 fully saturated rings. The van der Waals surface area contributed by atoms with Crippen molar-refractivity contribution in [1.29, 1.82) is 0 Å². The molecule has 11 atom stereocenters. The SMILES string of the molecule is CC[C@H](C)C1NC(=O)CNC(=O)[C@@H]2Cc3c([nH]c4cc(OCCCCCCN(C)C(C)(C)C)ccc34)[S+]([O-])C[C@H](NC(=O)CNC1=O)C(=O)N[C@@H](CC(N)=O)C(=O)N1C[C@H](O)C[C@H]1C(=O)N[C@@H]([C@@H](C)[C@@H](O)CO)C(=O)N2. The molecule has 1 aromatic carbocycles. The Morgan fingerprint density at radius 3 is 2.21 bits per heavy atom. The summed E-state index contributed by atoms with van der Waals surface area (Å²) in [5.41, 5.74) is 6.11. The fraction of sp³-hybridized carbons (Fsp3) is 0.660. The van der Waals surface area contributed by atoms with Crippen LogP contribution in [0.4, 0.5) is 0 Å². The third-order valence-electron chi connectivity index (χ3n) is 14.3. The van der Waals surface area contributed by atoms with Crippen molar-refractivity contribution in [2.45, 2.75) is 152 Å². The zero-order valence-corrected chi connectivity index (χ0v) is 45.1. The highest BCUT2D eigenvalue weighted by Gasteiger charge is 2.45. The highest BCUT2D eigenvalue weighted by Crippen LogP contribution is 2.32. The molecule has 2 unspecified atom stereocenters. The first-order valence-corrected chi connectivity index (χ1v) is 27.1. The van der Waals surface area contributed by atoms with E-state index in [9.17, 15) is 63.0 Å². The zero-order chi connectivity index (χ0) is 56.2. The average molecular weight is 1090 g/mol. The van der Waals surface area contributed by atoms with Crippen molar-refractivity contribution in [2.24, 2.45) is 17.6 Å². The number of aromatic amines is 1. The van der Waals surface area contributed by atoms with Gasteiger partial charge in [-0.15, -0.1) is 0 Å². The summed E-state index contributed by atoms with van der Waals surface area (Å²) in [6.45, 7) is 9.64. The number of rotatable bonds is 15. The molecule has 13 N–H and O–H groups in total. The van der Waals surface area contributed by atoms with E-state index in [0.717, 1.165) is 37.1 Å². The molecule has 2 aromatic rings. The molecule has 5 rings (SSSR count). The summed E-state index contributed by atoms with van der Waals surface area (Å²) >= 11 is -2.36. The Morgan fingerprint density at radius 2 is 1.55 bits per heavy atom. The number of hydrogen-bond donors (Lipinski definition) is 12. The summed E-state index contributed by atoms with van der Waals surface area (Å²) in [5, 5.41) is 49.4. The molecule has 4 heterocycles. The van der Waals surface area contributed by atoms with Gasteiger partial charge in [0.2, 0.25) is 58.2 Å². The normalized spacial score (nSPS) is 26.2. The minimum atomic E-state index is -2.36. The standard InChI is InChI=1S/C50H77N11O14S/c1-8-26(2)41-46(71)53-21-39(66)54-35-25-76(74)48-31(30-14-13-29(18-32(30)57-48)75-16-12-10-9-11-15-60(7)50(4,5)6)19-33(43(68)52-22-40(67)58-41)55-47(72)42(27(3)37(64)24-62)59-45(70)36-17-28(63)23-61(36)49(73)34(20-38(51)65)56-44(35)69/h13-14,18,26-28,33-37,41-42,57,62-64H,8-12,15-17,19-25H2,1-7H3,(H2,51,65)(H,52,68)(H,53,71)(H,54,66)(H,55,72)(H,56,69)(H,58,67)(H,59,70)/t26-,27-,28+,33-,34-,35-,36-,37-,41?,42-,76?/m0/s1. The van der Waals surface area contributed by atoms with E-state index < -0.39 is 176 Å². The zero-order valence-electron chi connectivity index (χ0n) is 44.3. The Labute approximate surface area is 444 Å². The van der Waals surface area contributed by atoms with Crippen LogP contribution in [0.3, 0.4) is 0 Å². The first-order valence-electron chi connectivity index (χ1n) is 25.8. The van der Waals surface area contributed by atoms with Gasteiger partial charge in [-0.1, -0.05) is 40.0 Å². The van der Waals surface area contributed by atoms with Crippen molar-refractivity contribution in [3.63, 3.8) is 0 Å². The van der Waals surface area contributed by atoms with Crippen LogP contribution in [0.2, 0.25) is 0 Å². The molecule has 3 aliphatic heterocycles. The largest absolute Gasteiger partial charge is 0.610 e. The number of fused-ring (bicyclic) bond motifs is 5. The monoisotopic (exact) mass is 1090 g/mol. The lowest BCUT2D eigenvalue weighted by Gasteiger charge is -2.32. The number of aromatic nitrogens is 1. The topological polar surface area (TPSA) is 379 Å². The van der Waals surface area contributed by atoms with Gasteiger partial charge in [0.15, 0.2) is 6.04 Å². The molecular weight excluding hydrogens is 1010 g/mol. The summed E-state index contributed by atoms with van der Waals surface area (Å²) < 4.78 is 21.1. The summed E-state index contributed by atoms with van der Waals surface area (Å²) in [6.07, 6.45) is -0.706. The Bertz CT molecular complexity index is 2430. The number of benzene rings is 1. The fourth-order valence-corrected chi connectivity index (χ4v) is 10.5. The Kier molecular flexibility index (Phi) is 21.9. The first-order chi connectivity index (χ1) is 35.8. The van der Waals surface area contributed by atoms with Gasteiger partial charge in [0.1, 0.15) is 41.7 Å². The molecule has 0 radical (unpaired) electrons. The predicted octanol–water partition coefficient (Wildman–Crippen LogP) is -2.96. The number of carbonyl (C=O) groups is 9. The van der Waals surface area contributed by atoms with Crippen LogP contribution in [0.25, 0.3) is 10.9 Å². The third-order valence-corrected chi connectivity index (χ3v) is 15.8. The number of aliphatic hydroxyl groups excluding tert-OH is 3. The van der Waals surface area contributed by atoms with Gasteiger partial charge < -0.3 is 82.3 Å². The second-order valence-electron chi connectivity index (χ2n) is 21.0. The molecule has 422 valence electrons. The Hall–Kier alpha value is -6.06. The molecule has 1 saturated heterocycles. The minimum absolute atomic E-state index is 0.0565. The molecule has 25 nitrogen and oxygen atoms in total. The van der Waals surface area contributed by atoms with E-state index in [1.54, 1.807) is 32.0 Å². The van der Waals surface area contributed by atoms with Crippen LogP contribution in [0.15, 0.2) is 23.2 Å². The summed E-state index contributed by atoms with van der Waals surface area (Å²) in [6, 6.07) is -4.97. The average Bonchev–Trinajstić information content (AvgIpc) is 3.94. The maximum atomic E-state index is 15.0. The number of primary amides is 1. The summed E-state index contributed by atoms with van der Waals surface area (Å²) in [5.74, 6) is -11.2. The number of H-pyrrole nitrogens is 1. The quantitative estimate of drug-likeness (QED) is 0.0627. The van der Waals surface area contributed by atoms with E-state index in [0.29, 0.717) is 29.7 Å². The van der Waals surface area contributed by atoms with E-state index in [-0.39, 0.29) is 16.1 Å². The van der Waals surface area contributed by atoms with Crippen LogP contribution in [-0.4, -0.2) is 194 Å². The Balaban J connectivity index is 1.65. The maximum absolute atomic E-state index is 15.0. The molecule has 76 heavy (non-hydrogen) atoms.